The van der Waals surface area contributed by atoms with Crippen LogP contribution in [0.3, 0.4) is 0 Å². The lowest BCUT2D eigenvalue weighted by Gasteiger charge is -2.34. The fourth-order valence-electron chi connectivity index (χ4n) is 5.34. The van der Waals surface area contributed by atoms with Crippen molar-refractivity contribution in [2.24, 2.45) is 17.8 Å². The molecule has 6 heteroatoms. The number of aromatic amines is 1. The second kappa shape index (κ2) is 6.62. The van der Waals surface area contributed by atoms with Crippen molar-refractivity contribution in [3.63, 3.8) is 0 Å². The monoisotopic (exact) mass is 348 g/mol. The molecule has 0 aromatic carbocycles. The summed E-state index contributed by atoms with van der Waals surface area (Å²) in [6.07, 6.45) is 8.37. The standard InChI is InChI=1S/C18H28N4OS/c1-2-22-17(19-20-18(22)24)14-4-3-7-21(11-14)16(23)10-15-9-12-5-6-13(15)8-12/h12-15H,2-11H2,1H3,(H,20,24). The van der Waals surface area contributed by atoms with E-state index in [1.54, 1.807) is 0 Å². The van der Waals surface area contributed by atoms with Crippen LogP contribution in [0, 0.1) is 22.5 Å². The fraction of sp³-hybridized carbons (Fsp3) is 0.833. The number of rotatable bonds is 4. The van der Waals surface area contributed by atoms with Crippen LogP contribution in [-0.4, -0.2) is 38.7 Å². The largest absolute Gasteiger partial charge is 0.342 e. The second-order valence-corrected chi connectivity index (χ2v) is 8.34. The van der Waals surface area contributed by atoms with E-state index in [4.69, 9.17) is 12.2 Å². The van der Waals surface area contributed by atoms with Crippen molar-refractivity contribution in [2.45, 2.75) is 64.3 Å². The number of nitrogens with one attached hydrogen (secondary N) is 1. The van der Waals surface area contributed by atoms with E-state index in [1.165, 1.54) is 25.7 Å². The van der Waals surface area contributed by atoms with Gasteiger partial charge in [-0.3, -0.25) is 9.89 Å². The normalized spacial score (nSPS) is 32.5. The van der Waals surface area contributed by atoms with E-state index in [-0.39, 0.29) is 0 Å². The maximum absolute atomic E-state index is 12.8. The molecule has 1 aliphatic heterocycles. The van der Waals surface area contributed by atoms with Gasteiger partial charge < -0.3 is 9.47 Å². The van der Waals surface area contributed by atoms with Gasteiger partial charge in [0, 0.05) is 32.0 Å². The molecule has 1 amide bonds. The smallest absolute Gasteiger partial charge is 0.222 e. The molecule has 2 bridgehead atoms. The Morgan fingerprint density at radius 3 is 2.92 bits per heavy atom. The Hall–Kier alpha value is -1.17. The maximum atomic E-state index is 12.8. The molecule has 4 rings (SSSR count). The number of carbonyl (C=O) groups excluding carboxylic acids is 1. The van der Waals surface area contributed by atoms with Crippen LogP contribution >= 0.6 is 12.2 Å². The number of piperidine rings is 1. The number of likely N-dealkylation sites (tertiary alicyclic amines) is 1. The van der Waals surface area contributed by atoms with E-state index < -0.39 is 0 Å². The summed E-state index contributed by atoms with van der Waals surface area (Å²) in [7, 11) is 0. The molecule has 3 fully saturated rings. The van der Waals surface area contributed by atoms with E-state index in [1.807, 2.05) is 0 Å². The molecular formula is C18H28N4OS. The van der Waals surface area contributed by atoms with Gasteiger partial charge in [0.1, 0.15) is 5.82 Å². The highest BCUT2D eigenvalue weighted by molar-refractivity contribution is 7.71. The first-order valence-corrected chi connectivity index (χ1v) is 9.99. The van der Waals surface area contributed by atoms with Crippen molar-refractivity contribution in [1.82, 2.24) is 19.7 Å². The van der Waals surface area contributed by atoms with Crippen LogP contribution in [-0.2, 0) is 11.3 Å². The minimum absolute atomic E-state index is 0.315. The molecule has 24 heavy (non-hydrogen) atoms. The van der Waals surface area contributed by atoms with Crippen LogP contribution < -0.4 is 0 Å². The second-order valence-electron chi connectivity index (χ2n) is 7.95. The first-order chi connectivity index (χ1) is 11.7. The number of H-pyrrole nitrogens is 1. The summed E-state index contributed by atoms with van der Waals surface area (Å²) in [6.45, 7) is 4.64. The molecule has 4 atom stereocenters. The van der Waals surface area contributed by atoms with Gasteiger partial charge >= 0.3 is 0 Å². The highest BCUT2D eigenvalue weighted by Crippen LogP contribution is 2.49. The van der Waals surface area contributed by atoms with Crippen LogP contribution in [0.4, 0.5) is 0 Å². The van der Waals surface area contributed by atoms with Crippen molar-refractivity contribution in [3.8, 4) is 0 Å². The number of fused-ring (bicyclic) bond motifs is 2. The Kier molecular flexibility index (Phi) is 4.50. The molecule has 3 aliphatic rings. The zero-order valence-corrected chi connectivity index (χ0v) is 15.4. The van der Waals surface area contributed by atoms with Gasteiger partial charge in [-0.05, 0) is 69.0 Å². The van der Waals surface area contributed by atoms with Crippen LogP contribution in [0.25, 0.3) is 0 Å². The first kappa shape index (κ1) is 16.3. The lowest BCUT2D eigenvalue weighted by molar-refractivity contribution is -0.133. The van der Waals surface area contributed by atoms with Crippen molar-refractivity contribution in [2.75, 3.05) is 13.1 Å². The summed E-state index contributed by atoms with van der Waals surface area (Å²) in [4.78, 5) is 14.9. The molecule has 1 saturated heterocycles. The number of aromatic nitrogens is 3. The molecule has 2 heterocycles. The Labute approximate surface area is 148 Å². The third kappa shape index (κ3) is 2.93. The Balaban J connectivity index is 1.41. The van der Waals surface area contributed by atoms with Crippen LogP contribution in [0.5, 0.6) is 0 Å². The third-order valence-corrected chi connectivity index (χ3v) is 6.88. The van der Waals surface area contributed by atoms with Gasteiger partial charge in [0.2, 0.25) is 5.91 Å². The molecule has 2 aliphatic carbocycles. The molecular weight excluding hydrogens is 320 g/mol. The topological polar surface area (TPSA) is 53.9 Å². The number of hydrogen-bond acceptors (Lipinski definition) is 3. The fourth-order valence-corrected chi connectivity index (χ4v) is 5.61. The van der Waals surface area contributed by atoms with E-state index in [0.717, 1.165) is 56.6 Å². The number of hydrogen-bond donors (Lipinski definition) is 1. The Morgan fingerprint density at radius 2 is 2.21 bits per heavy atom. The predicted molar refractivity (Wildman–Crippen MR) is 95.2 cm³/mol. The van der Waals surface area contributed by atoms with Gasteiger partial charge in [-0.2, -0.15) is 5.10 Å². The van der Waals surface area contributed by atoms with Crippen molar-refractivity contribution in [1.29, 1.82) is 0 Å². The summed E-state index contributed by atoms with van der Waals surface area (Å²) >= 11 is 5.31. The van der Waals surface area contributed by atoms with Gasteiger partial charge in [0.15, 0.2) is 4.77 Å². The quantitative estimate of drug-likeness (QED) is 0.848. The summed E-state index contributed by atoms with van der Waals surface area (Å²) in [5.41, 5.74) is 0. The van der Waals surface area contributed by atoms with Gasteiger partial charge in [-0.1, -0.05) is 6.42 Å². The summed E-state index contributed by atoms with van der Waals surface area (Å²) in [5, 5.41) is 7.37. The van der Waals surface area contributed by atoms with Gasteiger partial charge in [-0.15, -0.1) is 0 Å². The van der Waals surface area contributed by atoms with Gasteiger partial charge in [0.05, 0.1) is 0 Å². The maximum Gasteiger partial charge on any atom is 0.222 e. The minimum Gasteiger partial charge on any atom is -0.342 e. The number of nitrogens with zero attached hydrogens (tertiary/aromatic N) is 3. The Bertz CT molecular complexity index is 666. The summed E-state index contributed by atoms with van der Waals surface area (Å²) in [5.74, 6) is 4.11. The van der Waals surface area contributed by atoms with Gasteiger partial charge in [0.25, 0.3) is 0 Å². The Morgan fingerprint density at radius 1 is 1.33 bits per heavy atom. The molecule has 132 valence electrons. The number of amides is 1. The van der Waals surface area contributed by atoms with Crippen LogP contribution in [0.1, 0.15) is 63.6 Å². The lowest BCUT2D eigenvalue weighted by Crippen LogP contribution is -2.40. The van der Waals surface area contributed by atoms with Crippen molar-refractivity contribution in [3.05, 3.63) is 10.6 Å². The van der Waals surface area contributed by atoms with E-state index in [9.17, 15) is 4.79 Å². The SMILES string of the molecule is CCn1c(C2CCCN(C(=O)CC3CC4CCC3C4)C2)n[nH]c1=S. The predicted octanol–water partition coefficient (Wildman–Crippen LogP) is 3.49. The van der Waals surface area contributed by atoms with E-state index >= 15 is 0 Å². The van der Waals surface area contributed by atoms with Crippen molar-refractivity contribution >= 4 is 18.1 Å². The van der Waals surface area contributed by atoms with Crippen LogP contribution in [0.2, 0.25) is 0 Å². The highest BCUT2D eigenvalue weighted by Gasteiger charge is 2.41. The molecule has 0 radical (unpaired) electrons. The molecule has 1 N–H and O–H groups in total. The first-order valence-electron chi connectivity index (χ1n) is 9.58. The molecule has 2 saturated carbocycles. The molecule has 0 spiro atoms. The highest BCUT2D eigenvalue weighted by atomic mass is 32.1. The van der Waals surface area contributed by atoms with Crippen LogP contribution in [0.15, 0.2) is 0 Å². The lowest BCUT2D eigenvalue weighted by atomic mass is 9.85. The molecule has 4 unspecified atom stereocenters. The third-order valence-electron chi connectivity index (χ3n) is 6.56. The van der Waals surface area contributed by atoms with Crippen molar-refractivity contribution < 1.29 is 4.79 Å². The minimum atomic E-state index is 0.315. The summed E-state index contributed by atoms with van der Waals surface area (Å²) < 4.78 is 2.77. The average molecular weight is 349 g/mol. The zero-order chi connectivity index (χ0) is 16.7. The molecule has 1 aromatic rings. The average Bonchev–Trinajstić information content (AvgIpc) is 3.30. The number of carbonyl (C=O) groups is 1. The molecule has 1 aromatic heterocycles. The summed E-state index contributed by atoms with van der Waals surface area (Å²) in [6, 6.07) is 0. The van der Waals surface area contributed by atoms with E-state index in [0.29, 0.717) is 22.5 Å². The van der Waals surface area contributed by atoms with Gasteiger partial charge in [-0.25, -0.2) is 0 Å². The van der Waals surface area contributed by atoms with E-state index in [2.05, 4.69) is 26.6 Å². The zero-order valence-electron chi connectivity index (χ0n) is 14.5. The molecule has 5 nitrogen and oxygen atoms in total.